The van der Waals surface area contributed by atoms with Gasteiger partial charge < -0.3 is 9.80 Å². The van der Waals surface area contributed by atoms with E-state index in [0.717, 1.165) is 5.56 Å². The van der Waals surface area contributed by atoms with Crippen molar-refractivity contribution in [2.45, 2.75) is 0 Å². The monoisotopic (exact) mass is 428 g/mol. The van der Waals surface area contributed by atoms with Crippen molar-refractivity contribution in [2.75, 3.05) is 26.2 Å². The number of aromatic amines is 1. The van der Waals surface area contributed by atoms with Gasteiger partial charge in [0.25, 0.3) is 11.8 Å². The molecular formula is C21H18Cl2N4O2. The molecule has 1 saturated heterocycles. The first kappa shape index (κ1) is 19.5. The lowest BCUT2D eigenvalue weighted by Crippen LogP contribution is -2.50. The summed E-state index contributed by atoms with van der Waals surface area (Å²) in [6.07, 6.45) is 0. The molecular weight excluding hydrogens is 411 g/mol. The second-order valence-corrected chi connectivity index (χ2v) is 7.58. The number of carbonyl (C=O) groups is 2. The Hall–Kier alpha value is -2.83. The van der Waals surface area contributed by atoms with Gasteiger partial charge >= 0.3 is 0 Å². The van der Waals surface area contributed by atoms with Crippen molar-refractivity contribution in [3.63, 3.8) is 0 Å². The number of carbonyl (C=O) groups excluding carboxylic acids is 2. The average molecular weight is 429 g/mol. The quantitative estimate of drug-likeness (QED) is 0.685. The van der Waals surface area contributed by atoms with Crippen molar-refractivity contribution < 1.29 is 9.59 Å². The van der Waals surface area contributed by atoms with Crippen LogP contribution in [-0.2, 0) is 0 Å². The van der Waals surface area contributed by atoms with Crippen LogP contribution in [0.5, 0.6) is 0 Å². The summed E-state index contributed by atoms with van der Waals surface area (Å²) >= 11 is 12.0. The summed E-state index contributed by atoms with van der Waals surface area (Å²) in [4.78, 5) is 28.9. The highest BCUT2D eigenvalue weighted by atomic mass is 35.5. The van der Waals surface area contributed by atoms with Crippen LogP contribution in [0.2, 0.25) is 10.0 Å². The predicted octanol–water partition coefficient (Wildman–Crippen LogP) is 3.98. The number of nitrogens with zero attached hydrogens (tertiary/aromatic N) is 3. The van der Waals surface area contributed by atoms with E-state index < -0.39 is 0 Å². The SMILES string of the molecule is O=C(c1cc(-c2ccc(Cl)cc2)n[nH]1)N1CCN(C(=O)c2ccccc2Cl)CC1. The standard InChI is InChI=1S/C21H18Cl2N4O2/c22-15-7-5-14(6-8-15)18-13-19(25-24-18)21(29)27-11-9-26(10-12-27)20(28)16-3-1-2-4-17(16)23/h1-8,13H,9-12H2,(H,24,25). The number of rotatable bonds is 3. The smallest absolute Gasteiger partial charge is 0.272 e. The highest BCUT2D eigenvalue weighted by molar-refractivity contribution is 6.33. The van der Waals surface area contributed by atoms with Gasteiger partial charge in [-0.2, -0.15) is 5.10 Å². The number of amides is 2. The van der Waals surface area contributed by atoms with Gasteiger partial charge in [-0.05, 0) is 30.3 Å². The molecule has 29 heavy (non-hydrogen) atoms. The highest BCUT2D eigenvalue weighted by Crippen LogP contribution is 2.22. The largest absolute Gasteiger partial charge is 0.335 e. The van der Waals surface area contributed by atoms with E-state index in [1.165, 1.54) is 0 Å². The van der Waals surface area contributed by atoms with E-state index in [2.05, 4.69) is 10.2 Å². The van der Waals surface area contributed by atoms with Crippen molar-refractivity contribution in [1.82, 2.24) is 20.0 Å². The van der Waals surface area contributed by atoms with Gasteiger partial charge in [0.05, 0.1) is 16.3 Å². The van der Waals surface area contributed by atoms with Gasteiger partial charge in [-0.3, -0.25) is 14.7 Å². The fourth-order valence-corrected chi connectivity index (χ4v) is 3.63. The summed E-state index contributed by atoms with van der Waals surface area (Å²) in [5, 5.41) is 8.12. The third-order valence-electron chi connectivity index (χ3n) is 4.91. The lowest BCUT2D eigenvalue weighted by Gasteiger charge is -2.34. The third kappa shape index (κ3) is 4.13. The number of hydrogen-bond acceptors (Lipinski definition) is 3. The molecule has 0 atom stereocenters. The molecule has 0 bridgehead atoms. The summed E-state index contributed by atoms with van der Waals surface area (Å²) < 4.78 is 0. The average Bonchev–Trinajstić information content (AvgIpc) is 3.24. The number of piperazine rings is 1. The molecule has 6 nitrogen and oxygen atoms in total. The van der Waals surface area contributed by atoms with Gasteiger partial charge in [0.2, 0.25) is 0 Å². The molecule has 1 aliphatic heterocycles. The molecule has 0 radical (unpaired) electrons. The lowest BCUT2D eigenvalue weighted by atomic mass is 10.1. The van der Waals surface area contributed by atoms with Gasteiger partial charge in [0.15, 0.2) is 0 Å². The van der Waals surface area contributed by atoms with Crippen molar-refractivity contribution in [2.24, 2.45) is 0 Å². The van der Waals surface area contributed by atoms with Gasteiger partial charge in [0.1, 0.15) is 5.69 Å². The summed E-state index contributed by atoms with van der Waals surface area (Å²) in [6, 6.07) is 16.0. The molecule has 8 heteroatoms. The molecule has 2 amide bonds. The second kappa shape index (κ2) is 8.27. The summed E-state index contributed by atoms with van der Waals surface area (Å²) in [7, 11) is 0. The maximum Gasteiger partial charge on any atom is 0.272 e. The van der Waals surface area contributed by atoms with Gasteiger partial charge in [-0.15, -0.1) is 0 Å². The lowest BCUT2D eigenvalue weighted by molar-refractivity contribution is 0.0532. The van der Waals surface area contributed by atoms with Crippen LogP contribution in [-0.4, -0.2) is 58.0 Å². The topological polar surface area (TPSA) is 69.3 Å². The molecule has 2 aromatic carbocycles. The van der Waals surface area contributed by atoms with E-state index in [1.54, 1.807) is 52.3 Å². The highest BCUT2D eigenvalue weighted by Gasteiger charge is 2.27. The van der Waals surface area contributed by atoms with Crippen molar-refractivity contribution in [3.8, 4) is 11.3 Å². The molecule has 0 aliphatic carbocycles. The molecule has 1 aliphatic rings. The van der Waals surface area contributed by atoms with Gasteiger partial charge in [0, 0.05) is 36.8 Å². The predicted molar refractivity (Wildman–Crippen MR) is 112 cm³/mol. The van der Waals surface area contributed by atoms with Crippen LogP contribution < -0.4 is 0 Å². The minimum absolute atomic E-state index is 0.116. The Morgan fingerprint density at radius 2 is 1.48 bits per heavy atom. The van der Waals surface area contributed by atoms with E-state index >= 15 is 0 Å². The Kier molecular flexibility index (Phi) is 5.56. The van der Waals surface area contributed by atoms with E-state index in [9.17, 15) is 9.59 Å². The minimum Gasteiger partial charge on any atom is -0.335 e. The second-order valence-electron chi connectivity index (χ2n) is 6.74. The zero-order valence-electron chi connectivity index (χ0n) is 15.4. The zero-order chi connectivity index (χ0) is 20.4. The molecule has 2 heterocycles. The van der Waals surface area contributed by atoms with E-state index in [1.807, 2.05) is 12.1 Å². The molecule has 0 unspecified atom stereocenters. The molecule has 0 spiro atoms. The Morgan fingerprint density at radius 3 is 2.14 bits per heavy atom. The maximum absolute atomic E-state index is 12.8. The Bertz CT molecular complexity index is 1040. The third-order valence-corrected chi connectivity index (χ3v) is 5.49. The summed E-state index contributed by atoms with van der Waals surface area (Å²) in [6.45, 7) is 1.80. The number of halogens is 2. The van der Waals surface area contributed by atoms with Crippen LogP contribution in [0, 0.1) is 0 Å². The van der Waals surface area contributed by atoms with Crippen LogP contribution in [0.3, 0.4) is 0 Å². The number of hydrogen-bond donors (Lipinski definition) is 1. The maximum atomic E-state index is 12.8. The Morgan fingerprint density at radius 1 is 0.862 bits per heavy atom. The van der Waals surface area contributed by atoms with Gasteiger partial charge in [-0.25, -0.2) is 0 Å². The molecule has 1 N–H and O–H groups in total. The van der Waals surface area contributed by atoms with Crippen LogP contribution in [0.25, 0.3) is 11.3 Å². The molecule has 148 valence electrons. The summed E-state index contributed by atoms with van der Waals surface area (Å²) in [5.41, 5.74) is 2.45. The molecule has 0 saturated carbocycles. The van der Waals surface area contributed by atoms with Crippen molar-refractivity contribution >= 4 is 35.0 Å². The molecule has 3 aromatic rings. The first-order valence-electron chi connectivity index (χ1n) is 9.17. The summed E-state index contributed by atoms with van der Waals surface area (Å²) in [5.74, 6) is -0.253. The van der Waals surface area contributed by atoms with E-state index in [4.69, 9.17) is 23.2 Å². The van der Waals surface area contributed by atoms with Crippen LogP contribution in [0.15, 0.2) is 54.6 Å². The molecule has 1 aromatic heterocycles. The van der Waals surface area contributed by atoms with E-state index in [-0.39, 0.29) is 11.8 Å². The first-order valence-corrected chi connectivity index (χ1v) is 9.93. The minimum atomic E-state index is -0.137. The normalized spacial score (nSPS) is 14.1. The van der Waals surface area contributed by atoms with Crippen LogP contribution in [0.4, 0.5) is 0 Å². The van der Waals surface area contributed by atoms with Crippen LogP contribution >= 0.6 is 23.2 Å². The number of benzene rings is 2. The molecule has 1 fully saturated rings. The van der Waals surface area contributed by atoms with E-state index in [0.29, 0.717) is 53.2 Å². The fraction of sp³-hybridized carbons (Fsp3) is 0.190. The van der Waals surface area contributed by atoms with Crippen LogP contribution in [0.1, 0.15) is 20.8 Å². The zero-order valence-corrected chi connectivity index (χ0v) is 17.0. The Balaban J connectivity index is 1.40. The first-order chi connectivity index (χ1) is 14.0. The number of nitrogens with one attached hydrogen (secondary N) is 1. The Labute approximate surface area is 178 Å². The van der Waals surface area contributed by atoms with Crippen molar-refractivity contribution in [1.29, 1.82) is 0 Å². The van der Waals surface area contributed by atoms with Crippen molar-refractivity contribution in [3.05, 3.63) is 75.9 Å². The number of H-pyrrole nitrogens is 1. The molecule has 4 rings (SSSR count). The fourth-order valence-electron chi connectivity index (χ4n) is 3.29. The van der Waals surface area contributed by atoms with Gasteiger partial charge in [-0.1, -0.05) is 47.5 Å². The number of aromatic nitrogens is 2.